The second kappa shape index (κ2) is 68.6. The van der Waals surface area contributed by atoms with Crippen LogP contribution in [0.3, 0.4) is 0 Å². The molecule has 0 fully saturated rings. The monoisotopic (exact) mass is 1090 g/mol. The molecule has 78 heavy (non-hydrogen) atoms. The first-order valence-electron chi connectivity index (χ1n) is 34.5. The molecule has 0 saturated heterocycles. The van der Waals surface area contributed by atoms with Gasteiger partial charge in [0.05, 0.1) is 6.61 Å². The van der Waals surface area contributed by atoms with Gasteiger partial charge in [0.1, 0.15) is 6.61 Å². The van der Waals surface area contributed by atoms with Crippen molar-refractivity contribution in [1.29, 1.82) is 0 Å². The van der Waals surface area contributed by atoms with Gasteiger partial charge >= 0.3 is 11.9 Å². The van der Waals surface area contributed by atoms with Crippen LogP contribution in [0.4, 0.5) is 0 Å². The van der Waals surface area contributed by atoms with Gasteiger partial charge < -0.3 is 14.6 Å². The summed E-state index contributed by atoms with van der Waals surface area (Å²) >= 11 is 0. The zero-order valence-electron chi connectivity index (χ0n) is 52.2. The maximum Gasteiger partial charge on any atom is 0.306 e. The highest BCUT2D eigenvalue weighted by molar-refractivity contribution is 5.70. The number of esters is 2. The van der Waals surface area contributed by atoms with Crippen LogP contribution in [0, 0.1) is 0 Å². The standard InChI is InChI=1S/C73H132O5/c1-3-5-7-9-11-13-15-17-19-21-23-25-27-29-31-32-33-34-35-36-37-38-39-40-42-44-46-48-50-52-54-56-58-60-62-64-66-68-73(76)78-71(69-74)70-77-72(75)67-65-63-61-59-57-55-53-51-49-47-45-43-41-30-28-26-24-22-20-18-16-14-12-10-8-6-4-2/h5,7,11,13,17,19,23,25,29,31,33-34,71,74H,3-4,6,8-10,12,14-16,18,20-22,24,26-28,30,32,35-70H2,1-2H3/b7-5-,13-11-,19-17-,25-23-,31-29-,34-33-. The summed E-state index contributed by atoms with van der Waals surface area (Å²) in [4.78, 5) is 24.6. The molecule has 454 valence electrons. The van der Waals surface area contributed by atoms with E-state index in [1.165, 1.54) is 263 Å². The molecule has 0 aliphatic rings. The highest BCUT2D eigenvalue weighted by atomic mass is 16.6. The van der Waals surface area contributed by atoms with Gasteiger partial charge in [-0.1, -0.05) is 356 Å². The number of aliphatic hydroxyl groups excluding tert-OH is 1. The summed E-state index contributed by atoms with van der Waals surface area (Å²) in [5, 5.41) is 9.70. The number of ether oxygens (including phenoxy) is 2. The van der Waals surface area contributed by atoms with Crippen LogP contribution in [0.2, 0.25) is 0 Å². The summed E-state index contributed by atoms with van der Waals surface area (Å²) in [5.74, 6) is -0.570. The lowest BCUT2D eigenvalue weighted by atomic mass is 10.0. The van der Waals surface area contributed by atoms with E-state index in [0.29, 0.717) is 12.8 Å². The summed E-state index contributed by atoms with van der Waals surface area (Å²) in [6.45, 7) is 4.08. The molecule has 1 N–H and O–H groups in total. The second-order valence-corrected chi connectivity index (χ2v) is 23.2. The Bertz CT molecular complexity index is 1370. The molecule has 0 saturated carbocycles. The molecular formula is C73H132O5. The van der Waals surface area contributed by atoms with Gasteiger partial charge in [-0.25, -0.2) is 0 Å². The van der Waals surface area contributed by atoms with E-state index in [9.17, 15) is 14.7 Å². The van der Waals surface area contributed by atoms with Crippen molar-refractivity contribution in [2.45, 2.75) is 367 Å². The van der Waals surface area contributed by atoms with Crippen molar-refractivity contribution in [3.63, 3.8) is 0 Å². The Morgan fingerprint density at radius 2 is 0.551 bits per heavy atom. The molecule has 5 heteroatoms. The molecular weight excluding hydrogens is 957 g/mol. The third kappa shape index (κ3) is 65.9. The number of allylic oxidation sites excluding steroid dienone is 12. The lowest BCUT2D eigenvalue weighted by Gasteiger charge is -2.15. The first kappa shape index (κ1) is 75.3. The summed E-state index contributed by atoms with van der Waals surface area (Å²) in [6.07, 6.45) is 95.1. The van der Waals surface area contributed by atoms with Gasteiger partial charge in [-0.3, -0.25) is 9.59 Å². The largest absolute Gasteiger partial charge is 0.462 e. The van der Waals surface area contributed by atoms with Crippen LogP contribution in [0.15, 0.2) is 72.9 Å². The van der Waals surface area contributed by atoms with E-state index in [0.717, 1.165) is 70.6 Å². The number of hydrogen-bond acceptors (Lipinski definition) is 5. The molecule has 0 amide bonds. The highest BCUT2D eigenvalue weighted by Crippen LogP contribution is 2.19. The molecule has 1 atom stereocenters. The Morgan fingerprint density at radius 3 is 0.833 bits per heavy atom. The van der Waals surface area contributed by atoms with Crippen LogP contribution in [0.5, 0.6) is 0 Å². The second-order valence-electron chi connectivity index (χ2n) is 23.2. The van der Waals surface area contributed by atoms with Crippen LogP contribution in [0.1, 0.15) is 361 Å². The van der Waals surface area contributed by atoms with Crippen LogP contribution in [-0.4, -0.2) is 36.4 Å². The molecule has 1 unspecified atom stereocenters. The molecule has 0 aromatic carbocycles. The molecule has 0 aromatic rings. The molecule has 0 spiro atoms. The fourth-order valence-corrected chi connectivity index (χ4v) is 10.4. The lowest BCUT2D eigenvalue weighted by Crippen LogP contribution is -2.28. The van der Waals surface area contributed by atoms with Gasteiger partial charge in [0.15, 0.2) is 6.10 Å². The summed E-state index contributed by atoms with van der Waals surface area (Å²) in [5.41, 5.74) is 0. The Hall–Kier alpha value is -2.66. The topological polar surface area (TPSA) is 72.8 Å². The van der Waals surface area contributed by atoms with Crippen molar-refractivity contribution in [2.24, 2.45) is 0 Å². The number of rotatable bonds is 64. The predicted octanol–water partition coefficient (Wildman–Crippen LogP) is 23.9. The van der Waals surface area contributed by atoms with Crippen molar-refractivity contribution in [1.82, 2.24) is 0 Å². The third-order valence-corrected chi connectivity index (χ3v) is 15.5. The molecule has 0 rings (SSSR count). The smallest absolute Gasteiger partial charge is 0.306 e. The molecule has 0 heterocycles. The van der Waals surface area contributed by atoms with Gasteiger partial charge in [-0.2, -0.15) is 0 Å². The highest BCUT2D eigenvalue weighted by Gasteiger charge is 2.16. The Kier molecular flexibility index (Phi) is 66.3. The maximum atomic E-state index is 12.4. The minimum absolute atomic E-state index is 0.0612. The fraction of sp³-hybridized carbons (Fsp3) is 0.808. The van der Waals surface area contributed by atoms with E-state index in [-0.39, 0.29) is 25.2 Å². The van der Waals surface area contributed by atoms with Gasteiger partial charge in [0, 0.05) is 12.8 Å². The average Bonchev–Trinajstić information content (AvgIpc) is 3.44. The Balaban J connectivity index is 3.42. The van der Waals surface area contributed by atoms with Crippen molar-refractivity contribution in [2.75, 3.05) is 13.2 Å². The zero-order chi connectivity index (χ0) is 56.2. The average molecular weight is 1090 g/mol. The number of carbonyl (C=O) groups excluding carboxylic acids is 2. The van der Waals surface area contributed by atoms with E-state index in [2.05, 4.69) is 86.8 Å². The van der Waals surface area contributed by atoms with Crippen molar-refractivity contribution in [3.05, 3.63) is 72.9 Å². The number of aliphatic hydroxyl groups is 1. The molecule has 0 aliphatic heterocycles. The van der Waals surface area contributed by atoms with Gasteiger partial charge in [-0.05, 0) is 64.2 Å². The summed E-state index contributed by atoms with van der Waals surface area (Å²) in [7, 11) is 0. The first-order valence-corrected chi connectivity index (χ1v) is 34.5. The van der Waals surface area contributed by atoms with Gasteiger partial charge in [0.2, 0.25) is 0 Å². The van der Waals surface area contributed by atoms with E-state index in [1.54, 1.807) is 0 Å². The minimum Gasteiger partial charge on any atom is -0.462 e. The normalized spacial score (nSPS) is 12.6. The third-order valence-electron chi connectivity index (χ3n) is 15.5. The van der Waals surface area contributed by atoms with E-state index in [4.69, 9.17) is 9.47 Å². The lowest BCUT2D eigenvalue weighted by molar-refractivity contribution is -0.161. The van der Waals surface area contributed by atoms with Crippen LogP contribution >= 0.6 is 0 Å². The minimum atomic E-state index is -0.772. The predicted molar refractivity (Wildman–Crippen MR) is 343 cm³/mol. The summed E-state index contributed by atoms with van der Waals surface area (Å²) in [6, 6.07) is 0. The molecule has 0 aromatic heterocycles. The van der Waals surface area contributed by atoms with Crippen LogP contribution in [-0.2, 0) is 19.1 Å². The maximum absolute atomic E-state index is 12.4. The van der Waals surface area contributed by atoms with Crippen LogP contribution < -0.4 is 0 Å². The van der Waals surface area contributed by atoms with Crippen molar-refractivity contribution >= 4 is 11.9 Å². The number of unbranched alkanes of at least 4 members (excludes halogenated alkanes) is 44. The van der Waals surface area contributed by atoms with E-state index >= 15 is 0 Å². The number of carbonyl (C=O) groups is 2. The Labute approximate surface area is 486 Å². The van der Waals surface area contributed by atoms with Crippen molar-refractivity contribution < 1.29 is 24.2 Å². The van der Waals surface area contributed by atoms with E-state index in [1.807, 2.05) is 0 Å². The molecule has 0 radical (unpaired) electrons. The zero-order valence-corrected chi connectivity index (χ0v) is 52.2. The Morgan fingerprint density at radius 1 is 0.308 bits per heavy atom. The summed E-state index contributed by atoms with van der Waals surface area (Å²) < 4.78 is 10.8. The van der Waals surface area contributed by atoms with E-state index < -0.39 is 6.10 Å². The fourth-order valence-electron chi connectivity index (χ4n) is 10.4. The van der Waals surface area contributed by atoms with Gasteiger partial charge in [-0.15, -0.1) is 0 Å². The van der Waals surface area contributed by atoms with Gasteiger partial charge in [0.25, 0.3) is 0 Å². The molecule has 0 bridgehead atoms. The first-order chi connectivity index (χ1) is 38.6. The van der Waals surface area contributed by atoms with Crippen LogP contribution in [0.25, 0.3) is 0 Å². The SMILES string of the molecule is CC/C=C\C/C=C\C/C=C\C/C=C\C/C=C\C/C=C\CCCCCCCCCCCCCCCCCCCCC(=O)OC(CO)COC(=O)CCCCCCCCCCCCCCCCCCCCCCCCCCCCC. The quantitative estimate of drug-likeness (QED) is 0.0373. The van der Waals surface area contributed by atoms with Crippen molar-refractivity contribution in [3.8, 4) is 0 Å². The number of hydrogen-bond donors (Lipinski definition) is 1. The molecule has 5 nitrogen and oxygen atoms in total. The molecule has 0 aliphatic carbocycles.